The van der Waals surface area contributed by atoms with Crippen molar-refractivity contribution in [3.63, 3.8) is 0 Å². The predicted octanol–water partition coefficient (Wildman–Crippen LogP) is 4.13. The number of carbonyl (C=O) groups excluding carboxylic acids is 1. The van der Waals surface area contributed by atoms with Gasteiger partial charge in [0.1, 0.15) is 0 Å². The highest BCUT2D eigenvalue weighted by Gasteiger charge is 2.32. The van der Waals surface area contributed by atoms with Crippen molar-refractivity contribution in [3.8, 4) is 0 Å². The van der Waals surface area contributed by atoms with Crippen LogP contribution < -0.4 is 10.6 Å². The Kier molecular flexibility index (Phi) is 11.2. The molecule has 162 valence electrons. The number of rotatable bonds is 8. The fourth-order valence-electron chi connectivity index (χ4n) is 3.98. The van der Waals surface area contributed by atoms with Crippen molar-refractivity contribution in [2.75, 3.05) is 31.9 Å². The van der Waals surface area contributed by atoms with E-state index in [0.717, 1.165) is 63.6 Å². The zero-order valence-electron chi connectivity index (χ0n) is 17.4. The molecule has 0 aromatic heterocycles. The summed E-state index contributed by atoms with van der Waals surface area (Å²) in [6, 6.07) is 10.8. The number of halogens is 1. The maximum atomic E-state index is 12.6. The molecular weight excluding hydrogens is 495 g/mol. The van der Waals surface area contributed by atoms with Crippen molar-refractivity contribution >= 4 is 47.6 Å². The van der Waals surface area contributed by atoms with Crippen LogP contribution in [0.4, 0.5) is 0 Å². The lowest BCUT2D eigenvalue weighted by Gasteiger charge is -2.21. The monoisotopic (exact) mass is 530 g/mol. The summed E-state index contributed by atoms with van der Waals surface area (Å²) < 4.78 is 0. The van der Waals surface area contributed by atoms with Crippen LogP contribution >= 0.6 is 35.7 Å². The Morgan fingerprint density at radius 3 is 2.69 bits per heavy atom. The Hall–Kier alpha value is -0.960. The zero-order chi connectivity index (χ0) is 19.6. The molecule has 1 aliphatic carbocycles. The first kappa shape index (κ1) is 24.3. The van der Waals surface area contributed by atoms with Crippen molar-refractivity contribution in [2.24, 2.45) is 10.9 Å². The van der Waals surface area contributed by atoms with Crippen molar-refractivity contribution < 1.29 is 4.79 Å². The first-order valence-corrected chi connectivity index (χ1v) is 11.8. The van der Waals surface area contributed by atoms with E-state index in [9.17, 15) is 4.79 Å². The van der Waals surface area contributed by atoms with Crippen LogP contribution in [-0.2, 0) is 4.79 Å². The van der Waals surface area contributed by atoms with Crippen LogP contribution in [0.1, 0.15) is 45.4 Å². The molecule has 1 unspecified atom stereocenters. The standard InChI is InChI=1S/C22H34N4OS.HI/c1-2-23-22(24-14-8-16-28-20-11-4-3-5-12-20)25-19-13-15-26(17-19)21(27)18-9-6-7-10-18;/h3-5,11-12,18-19H,2,6-10,13-17H2,1H3,(H2,23,24,25);1H. The van der Waals surface area contributed by atoms with Gasteiger partial charge in [-0.25, -0.2) is 0 Å². The van der Waals surface area contributed by atoms with Crippen molar-refractivity contribution in [1.29, 1.82) is 0 Å². The van der Waals surface area contributed by atoms with Gasteiger partial charge in [-0.2, -0.15) is 0 Å². The molecule has 7 heteroatoms. The van der Waals surface area contributed by atoms with Crippen LogP contribution in [0.2, 0.25) is 0 Å². The molecule has 3 rings (SSSR count). The van der Waals surface area contributed by atoms with Crippen molar-refractivity contribution in [2.45, 2.75) is 56.4 Å². The van der Waals surface area contributed by atoms with Gasteiger partial charge >= 0.3 is 0 Å². The van der Waals surface area contributed by atoms with Gasteiger partial charge in [-0.1, -0.05) is 31.0 Å². The van der Waals surface area contributed by atoms with Crippen LogP contribution in [-0.4, -0.2) is 54.7 Å². The van der Waals surface area contributed by atoms with Gasteiger partial charge in [0.2, 0.25) is 5.91 Å². The van der Waals surface area contributed by atoms with E-state index >= 15 is 0 Å². The lowest BCUT2D eigenvalue weighted by Crippen LogP contribution is -2.45. The minimum atomic E-state index is 0. The smallest absolute Gasteiger partial charge is 0.225 e. The van der Waals surface area contributed by atoms with E-state index in [-0.39, 0.29) is 29.9 Å². The number of carbonyl (C=O) groups is 1. The first-order chi connectivity index (χ1) is 13.8. The third-order valence-corrected chi connectivity index (χ3v) is 6.57. The highest BCUT2D eigenvalue weighted by Crippen LogP contribution is 2.27. The van der Waals surface area contributed by atoms with Crippen molar-refractivity contribution in [3.05, 3.63) is 30.3 Å². The Bertz CT molecular complexity index is 637. The maximum Gasteiger partial charge on any atom is 0.225 e. The van der Waals surface area contributed by atoms with Crippen molar-refractivity contribution in [1.82, 2.24) is 15.5 Å². The number of thioether (sulfide) groups is 1. The molecule has 1 saturated heterocycles. The van der Waals surface area contributed by atoms with Gasteiger partial charge in [-0.05, 0) is 50.5 Å². The number of nitrogens with one attached hydrogen (secondary N) is 2. The molecule has 2 N–H and O–H groups in total. The topological polar surface area (TPSA) is 56.7 Å². The summed E-state index contributed by atoms with van der Waals surface area (Å²) in [6.45, 7) is 5.44. The molecule has 0 bridgehead atoms. The second-order valence-electron chi connectivity index (χ2n) is 7.67. The van der Waals surface area contributed by atoms with Gasteiger partial charge in [0.15, 0.2) is 5.96 Å². The van der Waals surface area contributed by atoms with Gasteiger partial charge in [-0.15, -0.1) is 35.7 Å². The van der Waals surface area contributed by atoms with E-state index in [1.807, 2.05) is 17.8 Å². The fourth-order valence-corrected chi connectivity index (χ4v) is 4.84. The number of likely N-dealkylation sites (tertiary alicyclic amines) is 1. The fraction of sp³-hybridized carbons (Fsp3) is 0.636. The molecule has 0 radical (unpaired) electrons. The predicted molar refractivity (Wildman–Crippen MR) is 133 cm³/mol. The number of guanidine groups is 1. The maximum absolute atomic E-state index is 12.6. The van der Waals surface area contributed by atoms with Crippen LogP contribution in [0.3, 0.4) is 0 Å². The van der Waals surface area contributed by atoms with E-state index in [2.05, 4.69) is 46.7 Å². The molecular formula is C22H35IN4OS. The molecule has 1 aliphatic heterocycles. The largest absolute Gasteiger partial charge is 0.357 e. The molecule has 1 aromatic carbocycles. The number of hydrogen-bond donors (Lipinski definition) is 2. The number of hydrogen-bond acceptors (Lipinski definition) is 3. The van der Waals surface area contributed by atoms with Crippen LogP contribution in [0.5, 0.6) is 0 Å². The number of amides is 1. The number of nitrogens with zero attached hydrogens (tertiary/aromatic N) is 2. The Morgan fingerprint density at radius 2 is 1.97 bits per heavy atom. The van der Waals surface area contributed by atoms with Crippen LogP contribution in [0, 0.1) is 5.92 Å². The Morgan fingerprint density at radius 1 is 1.21 bits per heavy atom. The molecule has 29 heavy (non-hydrogen) atoms. The summed E-state index contributed by atoms with van der Waals surface area (Å²) in [7, 11) is 0. The normalized spacial score (nSPS) is 19.8. The summed E-state index contributed by atoms with van der Waals surface area (Å²) in [6.07, 6.45) is 6.65. The lowest BCUT2D eigenvalue weighted by atomic mass is 10.1. The van der Waals surface area contributed by atoms with E-state index in [1.54, 1.807) is 0 Å². The van der Waals surface area contributed by atoms with E-state index < -0.39 is 0 Å². The highest BCUT2D eigenvalue weighted by atomic mass is 127. The van der Waals surface area contributed by atoms with E-state index in [0.29, 0.717) is 11.9 Å². The number of benzene rings is 1. The summed E-state index contributed by atoms with van der Waals surface area (Å²) in [5.74, 6) is 2.61. The quantitative estimate of drug-likeness (QED) is 0.175. The second kappa shape index (κ2) is 13.4. The molecule has 1 saturated carbocycles. The molecule has 2 aliphatic rings. The molecule has 0 spiro atoms. The summed E-state index contributed by atoms with van der Waals surface area (Å²) in [4.78, 5) is 20.7. The third-order valence-electron chi connectivity index (χ3n) is 5.47. The van der Waals surface area contributed by atoms with Gasteiger partial charge in [-0.3, -0.25) is 9.79 Å². The SMILES string of the molecule is CCNC(=NCCCSc1ccccc1)NC1CCN(C(=O)C2CCCC2)C1.I. The summed E-state index contributed by atoms with van der Waals surface area (Å²) in [5.41, 5.74) is 0. The number of aliphatic imine (C=N–C) groups is 1. The zero-order valence-corrected chi connectivity index (χ0v) is 20.6. The Labute approximate surface area is 196 Å². The molecule has 1 amide bonds. The molecule has 1 aromatic rings. The summed E-state index contributed by atoms with van der Waals surface area (Å²) >= 11 is 1.88. The van der Waals surface area contributed by atoms with Gasteiger partial charge in [0.25, 0.3) is 0 Å². The van der Waals surface area contributed by atoms with Gasteiger partial charge in [0, 0.05) is 43.0 Å². The first-order valence-electron chi connectivity index (χ1n) is 10.8. The molecule has 5 nitrogen and oxygen atoms in total. The van der Waals surface area contributed by atoms with Crippen LogP contribution in [0.25, 0.3) is 0 Å². The highest BCUT2D eigenvalue weighted by molar-refractivity contribution is 14.0. The minimum Gasteiger partial charge on any atom is -0.357 e. The van der Waals surface area contributed by atoms with Gasteiger partial charge < -0.3 is 15.5 Å². The Balaban J connectivity index is 0.00000300. The minimum absolute atomic E-state index is 0. The average Bonchev–Trinajstić information content (AvgIpc) is 3.40. The average molecular weight is 531 g/mol. The summed E-state index contributed by atoms with van der Waals surface area (Å²) in [5, 5.41) is 6.89. The third kappa shape index (κ3) is 8.00. The molecule has 1 heterocycles. The lowest BCUT2D eigenvalue weighted by molar-refractivity contribution is -0.134. The van der Waals surface area contributed by atoms with E-state index in [1.165, 1.54) is 17.7 Å². The molecule has 1 atom stereocenters. The second-order valence-corrected chi connectivity index (χ2v) is 8.84. The molecule has 2 fully saturated rings. The van der Waals surface area contributed by atoms with E-state index in [4.69, 9.17) is 4.99 Å². The van der Waals surface area contributed by atoms with Crippen LogP contribution in [0.15, 0.2) is 40.2 Å². The van der Waals surface area contributed by atoms with Gasteiger partial charge in [0.05, 0.1) is 0 Å².